The van der Waals surface area contributed by atoms with Crippen LogP contribution in [0.4, 0.5) is 20.3 Å². The number of rotatable bonds is 7. The van der Waals surface area contributed by atoms with Crippen molar-refractivity contribution in [2.75, 3.05) is 29.9 Å². The molecular formula is C25H35F2N4O2P. The van der Waals surface area contributed by atoms with Crippen molar-refractivity contribution >= 4 is 26.7 Å². The molecule has 3 atom stereocenters. The van der Waals surface area contributed by atoms with Crippen molar-refractivity contribution in [3.8, 4) is 0 Å². The number of carbonyl (C=O) groups excluding carboxylic acids is 1. The van der Waals surface area contributed by atoms with Gasteiger partial charge in [0, 0.05) is 48.9 Å². The van der Waals surface area contributed by atoms with Crippen molar-refractivity contribution in [2.45, 2.75) is 71.1 Å². The van der Waals surface area contributed by atoms with Crippen LogP contribution in [-0.4, -0.2) is 46.6 Å². The second-order valence-electron chi connectivity index (χ2n) is 9.72. The zero-order valence-electron chi connectivity index (χ0n) is 20.8. The van der Waals surface area contributed by atoms with Crippen LogP contribution in [-0.2, 0) is 10.4 Å². The van der Waals surface area contributed by atoms with Crippen LogP contribution in [0.15, 0.2) is 24.5 Å². The molecule has 34 heavy (non-hydrogen) atoms. The highest BCUT2D eigenvalue weighted by Gasteiger charge is 2.51. The van der Waals surface area contributed by atoms with Gasteiger partial charge in [0.25, 0.3) is 5.91 Å². The van der Waals surface area contributed by atoms with E-state index in [1.54, 1.807) is 32.2 Å². The quantitative estimate of drug-likeness (QED) is 0.518. The molecule has 1 aliphatic rings. The summed E-state index contributed by atoms with van der Waals surface area (Å²) in [7, 11) is 2.30. The first-order chi connectivity index (χ1) is 15.8. The number of nitrogens with zero attached hydrogens (tertiary/aromatic N) is 3. The third kappa shape index (κ3) is 5.38. The lowest BCUT2D eigenvalue weighted by atomic mass is 9.89. The fraction of sp³-hybridized carbons (Fsp3) is 0.560. The molecule has 0 saturated carbocycles. The Hall–Kier alpha value is -2.18. The van der Waals surface area contributed by atoms with E-state index in [0.29, 0.717) is 35.8 Å². The van der Waals surface area contributed by atoms with Gasteiger partial charge in [-0.2, -0.15) is 0 Å². The van der Waals surface area contributed by atoms with Crippen molar-refractivity contribution in [2.24, 2.45) is 0 Å². The summed E-state index contributed by atoms with van der Waals surface area (Å²) in [4.78, 5) is 24.1. The highest BCUT2D eigenvalue weighted by molar-refractivity contribution is 7.18. The summed E-state index contributed by atoms with van der Waals surface area (Å²) in [6, 6.07) is 3.45. The molecule has 3 heterocycles. The highest BCUT2D eigenvalue weighted by Crippen LogP contribution is 2.45. The van der Waals surface area contributed by atoms with Crippen LogP contribution >= 0.6 is 9.24 Å². The second-order valence-corrected chi connectivity index (χ2v) is 10.6. The fourth-order valence-corrected chi connectivity index (χ4v) is 4.63. The van der Waals surface area contributed by atoms with Crippen LogP contribution in [0.2, 0.25) is 0 Å². The molecule has 0 aliphatic carbocycles. The van der Waals surface area contributed by atoms with Gasteiger partial charge in [-0.3, -0.25) is 9.78 Å². The maximum atomic E-state index is 15.5. The van der Waals surface area contributed by atoms with E-state index in [2.05, 4.69) is 24.5 Å². The summed E-state index contributed by atoms with van der Waals surface area (Å²) in [6.45, 7) is 11.1. The van der Waals surface area contributed by atoms with Crippen LogP contribution in [0.25, 0.3) is 0 Å². The molecule has 1 fully saturated rings. The minimum atomic E-state index is -1.69. The monoisotopic (exact) mass is 492 g/mol. The molecule has 1 saturated heterocycles. The largest absolute Gasteiger partial charge is 0.370 e. The number of alkyl halides is 2. The van der Waals surface area contributed by atoms with Crippen molar-refractivity contribution < 1.29 is 18.3 Å². The number of piperidine rings is 1. The molecule has 3 unspecified atom stereocenters. The molecule has 3 rings (SSSR count). The molecule has 1 N–H and O–H groups in total. The maximum Gasteiger partial charge on any atom is 0.259 e. The number of carbonyl (C=O) groups is 1. The van der Waals surface area contributed by atoms with Gasteiger partial charge in [-0.1, -0.05) is 16.2 Å². The molecule has 0 radical (unpaired) electrons. The molecule has 6 nitrogen and oxygen atoms in total. The van der Waals surface area contributed by atoms with Gasteiger partial charge in [-0.05, 0) is 58.7 Å². The van der Waals surface area contributed by atoms with E-state index < -0.39 is 22.6 Å². The van der Waals surface area contributed by atoms with E-state index in [9.17, 15) is 9.18 Å². The van der Waals surface area contributed by atoms with E-state index in [0.717, 1.165) is 12.1 Å². The number of nitrogens with one attached hydrogen (secondary N) is 1. The van der Waals surface area contributed by atoms with E-state index in [-0.39, 0.29) is 18.5 Å². The summed E-state index contributed by atoms with van der Waals surface area (Å²) in [5.74, 6) is -0.0172. The number of aromatic nitrogens is 2. The number of hydrogen-bond donors (Lipinski definition) is 1. The van der Waals surface area contributed by atoms with Crippen LogP contribution < -0.4 is 10.2 Å². The van der Waals surface area contributed by atoms with Gasteiger partial charge in [-0.25, -0.2) is 13.8 Å². The van der Waals surface area contributed by atoms with E-state index in [1.807, 2.05) is 18.7 Å². The van der Waals surface area contributed by atoms with Gasteiger partial charge >= 0.3 is 0 Å². The normalized spacial score (nSPS) is 23.1. The zero-order valence-corrected chi connectivity index (χ0v) is 22.0. The standard InChI is InChI=1S/C25H35F2N4O2P/c1-7-12-33-24(6)15-31(11-9-25(24,27)34)21-20(17(3)19(14-29-21)23(4,5)26)22(32)30-18-8-10-28-16(2)13-18/h8,10,13-14H,7,9,11-12,15,34H2,1-6H3,(H,28,30,32). The molecule has 9 heteroatoms. The molecule has 0 spiro atoms. The Balaban J connectivity index is 2.06. The summed E-state index contributed by atoms with van der Waals surface area (Å²) >= 11 is 0. The van der Waals surface area contributed by atoms with Crippen molar-refractivity contribution in [3.63, 3.8) is 0 Å². The van der Waals surface area contributed by atoms with E-state index in [1.165, 1.54) is 20.0 Å². The number of hydrogen-bond acceptors (Lipinski definition) is 5. The minimum absolute atomic E-state index is 0.180. The molecule has 0 bridgehead atoms. The first kappa shape index (κ1) is 26.4. The zero-order chi connectivity index (χ0) is 25.3. The number of pyridine rings is 2. The predicted molar refractivity (Wildman–Crippen MR) is 135 cm³/mol. The van der Waals surface area contributed by atoms with Gasteiger partial charge in [0.1, 0.15) is 17.1 Å². The van der Waals surface area contributed by atoms with E-state index >= 15 is 4.39 Å². The number of halogens is 2. The predicted octanol–water partition coefficient (Wildman–Crippen LogP) is 5.49. The van der Waals surface area contributed by atoms with Crippen molar-refractivity contribution in [3.05, 3.63) is 46.9 Å². The smallest absolute Gasteiger partial charge is 0.259 e. The summed E-state index contributed by atoms with van der Waals surface area (Å²) < 4.78 is 36.4. The number of aryl methyl sites for hydroxylation is 1. The average Bonchev–Trinajstić information content (AvgIpc) is 2.73. The minimum Gasteiger partial charge on any atom is -0.370 e. The van der Waals surface area contributed by atoms with Crippen LogP contribution in [0, 0.1) is 13.8 Å². The Kier molecular flexibility index (Phi) is 7.63. The Bertz CT molecular complexity index is 1060. The Morgan fingerprint density at radius 1 is 1.35 bits per heavy atom. The number of amides is 1. The lowest BCUT2D eigenvalue weighted by Crippen LogP contribution is -2.60. The average molecular weight is 493 g/mol. The number of anilines is 2. The highest BCUT2D eigenvalue weighted by atomic mass is 31.0. The fourth-order valence-electron chi connectivity index (χ4n) is 4.33. The molecule has 1 aliphatic heterocycles. The third-order valence-corrected chi connectivity index (χ3v) is 7.28. The first-order valence-electron chi connectivity index (χ1n) is 11.6. The van der Waals surface area contributed by atoms with Gasteiger partial charge in [0.15, 0.2) is 5.41 Å². The van der Waals surface area contributed by atoms with Gasteiger partial charge in [-0.15, -0.1) is 0 Å². The lowest BCUT2D eigenvalue weighted by Gasteiger charge is -2.48. The van der Waals surface area contributed by atoms with Crippen LogP contribution in [0.5, 0.6) is 0 Å². The molecule has 0 aromatic carbocycles. The molecule has 2 aromatic heterocycles. The van der Waals surface area contributed by atoms with Gasteiger partial charge in [0.05, 0.1) is 12.1 Å². The van der Waals surface area contributed by atoms with Crippen molar-refractivity contribution in [1.29, 1.82) is 0 Å². The Morgan fingerprint density at radius 3 is 2.68 bits per heavy atom. The topological polar surface area (TPSA) is 67.3 Å². The molecular weight excluding hydrogens is 457 g/mol. The summed E-state index contributed by atoms with van der Waals surface area (Å²) in [5.41, 5.74) is -0.366. The maximum absolute atomic E-state index is 15.5. The van der Waals surface area contributed by atoms with Crippen LogP contribution in [0.3, 0.4) is 0 Å². The van der Waals surface area contributed by atoms with Gasteiger partial charge in [0.2, 0.25) is 0 Å². The summed E-state index contributed by atoms with van der Waals surface area (Å²) in [6.07, 6.45) is 4.02. The van der Waals surface area contributed by atoms with E-state index in [4.69, 9.17) is 4.74 Å². The Morgan fingerprint density at radius 2 is 2.06 bits per heavy atom. The number of ether oxygens (including phenoxy) is 1. The SMILES string of the molecule is CCCOC1(C)CN(c2ncc(C(C)(C)F)c(C)c2C(=O)Nc2ccnc(C)c2)CCC1(F)P. The van der Waals surface area contributed by atoms with Gasteiger partial charge < -0.3 is 15.0 Å². The lowest BCUT2D eigenvalue weighted by molar-refractivity contribution is -0.104. The second kappa shape index (κ2) is 9.82. The van der Waals surface area contributed by atoms with Crippen LogP contribution in [0.1, 0.15) is 67.7 Å². The third-order valence-electron chi connectivity index (χ3n) is 6.38. The first-order valence-corrected chi connectivity index (χ1v) is 12.2. The summed E-state index contributed by atoms with van der Waals surface area (Å²) in [5, 5.41) is 1.27. The molecule has 1 amide bonds. The molecule has 2 aromatic rings. The van der Waals surface area contributed by atoms with Crippen molar-refractivity contribution in [1.82, 2.24) is 9.97 Å². The molecule has 186 valence electrons. The Labute approximate surface area is 203 Å².